The van der Waals surface area contributed by atoms with Crippen molar-refractivity contribution in [3.8, 4) is 5.75 Å². The zero-order valence-corrected chi connectivity index (χ0v) is 12.2. The van der Waals surface area contributed by atoms with Gasteiger partial charge in [-0.05, 0) is 36.4 Å². The molecule has 0 aliphatic rings. The lowest BCUT2D eigenvalue weighted by atomic mass is 10.3. The molecule has 0 saturated carbocycles. The summed E-state index contributed by atoms with van der Waals surface area (Å²) in [4.78, 5) is 10.7. The number of hydrogen-bond acceptors (Lipinski definition) is 4. The van der Waals surface area contributed by atoms with Gasteiger partial charge >= 0.3 is 10.1 Å². The Kier molecular flexibility index (Phi) is 4.41. The van der Waals surface area contributed by atoms with Gasteiger partial charge in [-0.3, -0.25) is 4.79 Å². The standard InChI is InChI=1S/C14H11F2NO4S/c1-9(18)17-10-2-5-12(6-3-10)22(19,20)21-11-4-7-13(15)14(16)8-11/h2-8H,1H3,(H,17,18). The van der Waals surface area contributed by atoms with E-state index < -0.39 is 21.8 Å². The molecule has 0 aliphatic carbocycles. The number of halogens is 2. The van der Waals surface area contributed by atoms with E-state index in [0.29, 0.717) is 11.8 Å². The fourth-order valence-corrected chi connectivity index (χ4v) is 2.53. The highest BCUT2D eigenvalue weighted by Crippen LogP contribution is 2.22. The third kappa shape index (κ3) is 3.79. The molecular formula is C14H11F2NO4S. The highest BCUT2D eigenvalue weighted by atomic mass is 32.2. The van der Waals surface area contributed by atoms with E-state index in [1.807, 2.05) is 0 Å². The van der Waals surface area contributed by atoms with Crippen LogP contribution in [0.3, 0.4) is 0 Å². The number of hydrogen-bond donors (Lipinski definition) is 1. The predicted molar refractivity (Wildman–Crippen MR) is 74.9 cm³/mol. The molecule has 0 atom stereocenters. The molecule has 2 aromatic carbocycles. The fourth-order valence-electron chi connectivity index (χ4n) is 1.61. The van der Waals surface area contributed by atoms with Crippen LogP contribution in [0.15, 0.2) is 47.4 Å². The Labute approximate surface area is 125 Å². The number of carbonyl (C=O) groups excluding carboxylic acids is 1. The van der Waals surface area contributed by atoms with Crippen molar-refractivity contribution in [3.05, 3.63) is 54.1 Å². The van der Waals surface area contributed by atoms with Crippen molar-refractivity contribution in [3.63, 3.8) is 0 Å². The van der Waals surface area contributed by atoms with Crippen molar-refractivity contribution in [1.29, 1.82) is 0 Å². The average Bonchev–Trinajstić information content (AvgIpc) is 2.42. The van der Waals surface area contributed by atoms with Gasteiger partial charge in [-0.1, -0.05) is 0 Å². The van der Waals surface area contributed by atoms with Crippen molar-refractivity contribution < 1.29 is 26.2 Å². The molecule has 8 heteroatoms. The van der Waals surface area contributed by atoms with Crippen LogP contribution in [0.1, 0.15) is 6.92 Å². The van der Waals surface area contributed by atoms with Crippen molar-refractivity contribution in [2.45, 2.75) is 11.8 Å². The zero-order valence-electron chi connectivity index (χ0n) is 11.3. The van der Waals surface area contributed by atoms with Crippen LogP contribution in [-0.2, 0) is 14.9 Å². The van der Waals surface area contributed by atoms with Crippen molar-refractivity contribution in [2.75, 3.05) is 5.32 Å². The minimum atomic E-state index is -4.19. The molecular weight excluding hydrogens is 316 g/mol. The molecule has 0 fully saturated rings. The van der Waals surface area contributed by atoms with Gasteiger partial charge in [0.2, 0.25) is 5.91 Å². The van der Waals surface area contributed by atoms with Gasteiger partial charge in [0, 0.05) is 18.7 Å². The topological polar surface area (TPSA) is 72.5 Å². The summed E-state index contributed by atoms with van der Waals surface area (Å²) in [5.74, 6) is -2.96. The van der Waals surface area contributed by atoms with Crippen LogP contribution >= 0.6 is 0 Å². The first-order valence-electron chi connectivity index (χ1n) is 6.05. The molecule has 0 bridgehead atoms. The normalized spacial score (nSPS) is 11.0. The van der Waals surface area contributed by atoms with Crippen molar-refractivity contribution >= 4 is 21.7 Å². The van der Waals surface area contributed by atoms with Crippen LogP contribution in [0.2, 0.25) is 0 Å². The van der Waals surface area contributed by atoms with Gasteiger partial charge in [0.15, 0.2) is 11.6 Å². The Morgan fingerprint density at radius 1 is 1.05 bits per heavy atom. The second-order valence-corrected chi connectivity index (χ2v) is 5.87. The molecule has 5 nitrogen and oxygen atoms in total. The summed E-state index contributed by atoms with van der Waals surface area (Å²) in [6, 6.07) is 7.60. The number of rotatable bonds is 4. The first-order valence-corrected chi connectivity index (χ1v) is 7.46. The Morgan fingerprint density at radius 2 is 1.68 bits per heavy atom. The SMILES string of the molecule is CC(=O)Nc1ccc(S(=O)(=O)Oc2ccc(F)c(F)c2)cc1. The molecule has 2 rings (SSSR count). The Bertz CT molecular complexity index is 804. The first-order chi connectivity index (χ1) is 10.3. The summed E-state index contributed by atoms with van der Waals surface area (Å²) in [6.07, 6.45) is 0. The summed E-state index contributed by atoms with van der Waals surface area (Å²) in [5, 5.41) is 2.48. The largest absolute Gasteiger partial charge is 0.379 e. The quantitative estimate of drug-likeness (QED) is 0.876. The third-order valence-electron chi connectivity index (χ3n) is 2.56. The number of benzene rings is 2. The maximum absolute atomic E-state index is 13.0. The van der Waals surface area contributed by atoms with E-state index >= 15 is 0 Å². The number of carbonyl (C=O) groups is 1. The predicted octanol–water partition coefficient (Wildman–Crippen LogP) is 2.69. The molecule has 22 heavy (non-hydrogen) atoms. The van der Waals surface area contributed by atoms with E-state index in [4.69, 9.17) is 4.18 Å². The average molecular weight is 327 g/mol. The Morgan fingerprint density at radius 3 is 2.23 bits per heavy atom. The smallest absolute Gasteiger partial charge is 0.339 e. The van der Waals surface area contributed by atoms with Gasteiger partial charge in [-0.15, -0.1) is 0 Å². The molecule has 0 unspecified atom stereocenters. The molecule has 1 N–H and O–H groups in total. The first kappa shape index (κ1) is 15.9. The molecule has 0 saturated heterocycles. The lowest BCUT2D eigenvalue weighted by Gasteiger charge is -2.08. The van der Waals surface area contributed by atoms with Crippen LogP contribution in [-0.4, -0.2) is 14.3 Å². The van der Waals surface area contributed by atoms with E-state index in [0.717, 1.165) is 12.1 Å². The maximum Gasteiger partial charge on any atom is 0.339 e. The van der Waals surface area contributed by atoms with E-state index in [9.17, 15) is 22.0 Å². The van der Waals surface area contributed by atoms with Crippen LogP contribution in [0.4, 0.5) is 14.5 Å². The monoisotopic (exact) mass is 327 g/mol. The van der Waals surface area contributed by atoms with E-state index in [-0.39, 0.29) is 16.6 Å². The second kappa shape index (κ2) is 6.10. The fraction of sp³-hybridized carbons (Fsp3) is 0.0714. The van der Waals surface area contributed by atoms with E-state index in [1.165, 1.54) is 31.2 Å². The number of amides is 1. The minimum absolute atomic E-state index is 0.189. The minimum Gasteiger partial charge on any atom is -0.379 e. The van der Waals surface area contributed by atoms with Gasteiger partial charge in [0.25, 0.3) is 0 Å². The van der Waals surface area contributed by atoms with Crippen LogP contribution < -0.4 is 9.50 Å². The summed E-state index contributed by atoms with van der Waals surface area (Å²) >= 11 is 0. The van der Waals surface area contributed by atoms with Crippen LogP contribution in [0.25, 0.3) is 0 Å². The Balaban J connectivity index is 2.22. The summed E-state index contributed by atoms with van der Waals surface area (Å²) < 4.78 is 54.6. The summed E-state index contributed by atoms with van der Waals surface area (Å²) in [5.41, 5.74) is 0.416. The lowest BCUT2D eigenvalue weighted by Crippen LogP contribution is -2.11. The lowest BCUT2D eigenvalue weighted by molar-refractivity contribution is -0.114. The van der Waals surface area contributed by atoms with Crippen molar-refractivity contribution in [1.82, 2.24) is 0 Å². The molecule has 0 spiro atoms. The molecule has 0 aliphatic heterocycles. The highest BCUT2D eigenvalue weighted by Gasteiger charge is 2.17. The maximum atomic E-state index is 13.0. The summed E-state index contributed by atoms with van der Waals surface area (Å²) in [6.45, 7) is 1.32. The van der Waals surface area contributed by atoms with Crippen LogP contribution in [0.5, 0.6) is 5.75 Å². The van der Waals surface area contributed by atoms with Gasteiger partial charge in [-0.25, -0.2) is 8.78 Å². The molecule has 0 heterocycles. The molecule has 1 amide bonds. The highest BCUT2D eigenvalue weighted by molar-refractivity contribution is 7.87. The summed E-state index contributed by atoms with van der Waals surface area (Å²) in [7, 11) is -4.19. The molecule has 0 aromatic heterocycles. The van der Waals surface area contributed by atoms with Crippen molar-refractivity contribution in [2.24, 2.45) is 0 Å². The molecule has 116 valence electrons. The van der Waals surface area contributed by atoms with E-state index in [2.05, 4.69) is 5.32 Å². The van der Waals surface area contributed by atoms with Crippen LogP contribution in [0, 0.1) is 11.6 Å². The molecule has 2 aromatic rings. The van der Waals surface area contributed by atoms with Gasteiger partial charge in [0.1, 0.15) is 10.6 Å². The number of nitrogens with one attached hydrogen (secondary N) is 1. The van der Waals surface area contributed by atoms with Gasteiger partial charge < -0.3 is 9.50 Å². The van der Waals surface area contributed by atoms with Gasteiger partial charge in [-0.2, -0.15) is 8.42 Å². The second-order valence-electron chi connectivity index (χ2n) is 4.32. The third-order valence-corrected chi connectivity index (χ3v) is 3.82. The number of anilines is 1. The molecule has 0 radical (unpaired) electrons. The Hall–Kier alpha value is -2.48. The zero-order chi connectivity index (χ0) is 16.3. The van der Waals surface area contributed by atoms with Gasteiger partial charge in [0.05, 0.1) is 0 Å². The van der Waals surface area contributed by atoms with E-state index in [1.54, 1.807) is 0 Å².